The zero-order chi connectivity index (χ0) is 31.4. The number of hydrogen-bond acceptors (Lipinski definition) is 8. The van der Waals surface area contributed by atoms with Crippen molar-refractivity contribution in [2.45, 2.75) is 37.4 Å². The van der Waals surface area contributed by atoms with Crippen LogP contribution in [0.15, 0.2) is 53.7 Å². The summed E-state index contributed by atoms with van der Waals surface area (Å²) >= 11 is 0. The zero-order valence-electron chi connectivity index (χ0n) is 24.5. The van der Waals surface area contributed by atoms with E-state index in [1.54, 1.807) is 0 Å². The number of amides is 4. The van der Waals surface area contributed by atoms with Crippen molar-refractivity contribution < 1.29 is 32.6 Å². The standard InChI is InChI=1S/C31H34F2N6O5/c1-43-18-25-27(29(40)44-2)28(19-7-8-23(32)24(33)15-19)39(31(42)36-25)30(41)35-21-9-12-38(17-21)22-10-13-37(14-11-22)26-6-4-3-5-20(26)16-34/h3-8,15,21-22,28H,9-14,17-18H2,1-2H3,(H,35,41)(H,36,42)/t21?,28-/m0/s1. The molecule has 11 nitrogen and oxygen atoms in total. The SMILES string of the molecule is COCC1=C(C(=O)OC)[C@H](c2ccc(F)c(F)c2)N(C(=O)NC2CCN(C3CCN(c4ccccc4C#N)CC3)C2)C(=O)N1. The lowest BCUT2D eigenvalue weighted by atomic mass is 9.93. The van der Waals surface area contributed by atoms with Gasteiger partial charge in [0, 0.05) is 45.4 Å². The number of carbonyl (C=O) groups is 3. The molecule has 4 amide bonds. The first-order valence-electron chi connectivity index (χ1n) is 14.4. The van der Waals surface area contributed by atoms with Crippen LogP contribution < -0.4 is 15.5 Å². The first-order valence-corrected chi connectivity index (χ1v) is 14.4. The van der Waals surface area contributed by atoms with Crippen LogP contribution >= 0.6 is 0 Å². The Morgan fingerprint density at radius 3 is 2.50 bits per heavy atom. The van der Waals surface area contributed by atoms with Crippen LogP contribution in [0.5, 0.6) is 0 Å². The third kappa shape index (κ3) is 6.22. The second kappa shape index (κ2) is 13.4. The smallest absolute Gasteiger partial charge is 0.338 e. The largest absolute Gasteiger partial charge is 0.466 e. The number of rotatable bonds is 7. The average molecular weight is 609 g/mol. The van der Waals surface area contributed by atoms with Crippen molar-refractivity contribution in [3.8, 4) is 6.07 Å². The van der Waals surface area contributed by atoms with Gasteiger partial charge in [0.1, 0.15) is 12.1 Å². The predicted molar refractivity (Wildman–Crippen MR) is 155 cm³/mol. The number of halogens is 2. The van der Waals surface area contributed by atoms with E-state index in [0.717, 1.165) is 62.3 Å². The number of likely N-dealkylation sites (tertiary alicyclic amines) is 1. The van der Waals surface area contributed by atoms with Crippen LogP contribution in [0.2, 0.25) is 0 Å². The highest BCUT2D eigenvalue weighted by Gasteiger charge is 2.44. The Bertz CT molecular complexity index is 1500. The molecule has 0 aliphatic carbocycles. The lowest BCUT2D eigenvalue weighted by Gasteiger charge is -2.38. The predicted octanol–water partition coefficient (Wildman–Crippen LogP) is 3.43. The lowest BCUT2D eigenvalue weighted by molar-refractivity contribution is -0.137. The van der Waals surface area contributed by atoms with Crippen molar-refractivity contribution in [1.29, 1.82) is 5.26 Å². The molecule has 13 heteroatoms. The molecule has 232 valence electrons. The number of nitrogens with one attached hydrogen (secondary N) is 2. The topological polar surface area (TPSA) is 127 Å². The van der Waals surface area contributed by atoms with E-state index in [2.05, 4.69) is 26.5 Å². The van der Waals surface area contributed by atoms with Crippen molar-refractivity contribution >= 4 is 23.7 Å². The minimum atomic E-state index is -1.39. The molecule has 2 N–H and O–H groups in total. The third-order valence-corrected chi connectivity index (χ3v) is 8.40. The van der Waals surface area contributed by atoms with Crippen LogP contribution in [0.1, 0.15) is 36.4 Å². The van der Waals surface area contributed by atoms with Gasteiger partial charge in [-0.05, 0) is 49.1 Å². The molecule has 0 spiro atoms. The Kier molecular flexibility index (Phi) is 9.41. The van der Waals surface area contributed by atoms with Crippen LogP contribution in [-0.4, -0.2) is 86.9 Å². The summed E-state index contributed by atoms with van der Waals surface area (Å²) in [6, 6.07) is 9.73. The van der Waals surface area contributed by atoms with Crippen LogP contribution in [0, 0.1) is 23.0 Å². The van der Waals surface area contributed by atoms with Crippen LogP contribution in [0.3, 0.4) is 0 Å². The van der Waals surface area contributed by atoms with E-state index in [9.17, 15) is 28.4 Å². The summed E-state index contributed by atoms with van der Waals surface area (Å²) in [5.74, 6) is -3.17. The second-order valence-electron chi connectivity index (χ2n) is 11.0. The summed E-state index contributed by atoms with van der Waals surface area (Å²) in [5.41, 5.74) is 1.52. The molecule has 1 unspecified atom stereocenters. The third-order valence-electron chi connectivity index (χ3n) is 8.40. The number of carbonyl (C=O) groups excluding carboxylic acids is 3. The van der Waals surface area contributed by atoms with Gasteiger partial charge in [0.15, 0.2) is 11.6 Å². The number of para-hydroxylation sites is 1. The highest BCUT2D eigenvalue weighted by atomic mass is 19.2. The fourth-order valence-corrected chi connectivity index (χ4v) is 6.28. The molecule has 5 rings (SSSR count). The number of esters is 1. The fraction of sp³-hybridized carbons (Fsp3) is 0.419. The van der Waals surface area contributed by atoms with Crippen LogP contribution in [0.25, 0.3) is 0 Å². The highest BCUT2D eigenvalue weighted by Crippen LogP contribution is 2.35. The van der Waals surface area contributed by atoms with E-state index in [0.29, 0.717) is 24.6 Å². The number of piperidine rings is 1. The molecule has 3 heterocycles. The van der Waals surface area contributed by atoms with Gasteiger partial charge in [-0.3, -0.25) is 4.90 Å². The molecule has 44 heavy (non-hydrogen) atoms. The van der Waals surface area contributed by atoms with Crippen molar-refractivity contribution in [2.75, 3.05) is 51.9 Å². The second-order valence-corrected chi connectivity index (χ2v) is 11.0. The van der Waals surface area contributed by atoms with Gasteiger partial charge in [-0.25, -0.2) is 28.1 Å². The summed E-state index contributed by atoms with van der Waals surface area (Å²) in [7, 11) is 2.50. The molecule has 2 atom stereocenters. The number of nitriles is 1. The zero-order valence-corrected chi connectivity index (χ0v) is 24.5. The maximum atomic E-state index is 14.3. The van der Waals surface area contributed by atoms with Gasteiger partial charge in [0.2, 0.25) is 0 Å². The normalized spacial score (nSPS) is 21.2. The Hall–Kier alpha value is -4.54. The number of ether oxygens (including phenoxy) is 2. The number of methoxy groups -OCH3 is 2. The number of hydrogen-bond donors (Lipinski definition) is 2. The Morgan fingerprint density at radius 1 is 1.07 bits per heavy atom. The summed E-state index contributed by atoms with van der Waals surface area (Å²) < 4.78 is 38.3. The van der Waals surface area contributed by atoms with Gasteiger partial charge in [0.05, 0.1) is 36.2 Å². The number of anilines is 1. The van der Waals surface area contributed by atoms with Gasteiger partial charge in [-0.15, -0.1) is 0 Å². The molecule has 0 saturated carbocycles. The number of imide groups is 1. The molecule has 3 aliphatic rings. The highest BCUT2D eigenvalue weighted by molar-refractivity contribution is 6.01. The maximum Gasteiger partial charge on any atom is 0.338 e. The van der Waals surface area contributed by atoms with E-state index in [1.807, 2.05) is 24.3 Å². The minimum Gasteiger partial charge on any atom is -0.466 e. The van der Waals surface area contributed by atoms with E-state index in [4.69, 9.17) is 9.47 Å². The Balaban J connectivity index is 1.30. The van der Waals surface area contributed by atoms with Gasteiger partial charge >= 0.3 is 18.0 Å². The molecular formula is C31H34F2N6O5. The first kappa shape index (κ1) is 30.9. The first-order chi connectivity index (χ1) is 21.2. The van der Waals surface area contributed by atoms with Crippen molar-refractivity contribution in [3.63, 3.8) is 0 Å². The number of nitrogens with zero attached hydrogens (tertiary/aromatic N) is 4. The van der Waals surface area contributed by atoms with Crippen molar-refractivity contribution in [3.05, 3.63) is 76.5 Å². The summed E-state index contributed by atoms with van der Waals surface area (Å²) in [6.07, 6.45) is 2.43. The number of urea groups is 2. The van der Waals surface area contributed by atoms with Crippen LogP contribution in [0.4, 0.5) is 24.1 Å². The van der Waals surface area contributed by atoms with Gasteiger partial charge < -0.3 is 25.0 Å². The molecule has 2 saturated heterocycles. The van der Waals surface area contributed by atoms with Crippen molar-refractivity contribution in [1.82, 2.24) is 20.4 Å². The molecule has 0 bridgehead atoms. The molecular weight excluding hydrogens is 574 g/mol. The Morgan fingerprint density at radius 2 is 1.82 bits per heavy atom. The van der Waals surface area contributed by atoms with Gasteiger partial charge in [0.25, 0.3) is 0 Å². The van der Waals surface area contributed by atoms with Gasteiger partial charge in [-0.1, -0.05) is 18.2 Å². The van der Waals surface area contributed by atoms with E-state index in [-0.39, 0.29) is 29.5 Å². The maximum absolute atomic E-state index is 14.3. The summed E-state index contributed by atoms with van der Waals surface area (Å²) in [6.45, 7) is 2.71. The summed E-state index contributed by atoms with van der Waals surface area (Å²) in [5, 5.41) is 14.9. The fourth-order valence-electron chi connectivity index (χ4n) is 6.28. The van der Waals surface area contributed by atoms with E-state index in [1.165, 1.54) is 13.2 Å². The quantitative estimate of drug-likeness (QED) is 0.458. The molecule has 2 fully saturated rings. The molecule has 3 aliphatic heterocycles. The molecule has 2 aromatic rings. The van der Waals surface area contributed by atoms with Gasteiger partial charge in [-0.2, -0.15) is 5.26 Å². The molecule has 0 aromatic heterocycles. The molecule has 0 radical (unpaired) electrons. The van der Waals surface area contributed by atoms with E-state index < -0.39 is 35.7 Å². The monoisotopic (exact) mass is 608 g/mol. The average Bonchev–Trinajstić information content (AvgIpc) is 3.50. The summed E-state index contributed by atoms with van der Waals surface area (Å²) in [4.78, 5) is 45.3. The van der Waals surface area contributed by atoms with Crippen molar-refractivity contribution in [2.24, 2.45) is 0 Å². The molecule has 2 aromatic carbocycles. The lowest BCUT2D eigenvalue weighted by Crippen LogP contribution is -2.57. The van der Waals surface area contributed by atoms with Crippen LogP contribution in [-0.2, 0) is 14.3 Å². The minimum absolute atomic E-state index is 0.0145. The van der Waals surface area contributed by atoms with E-state index >= 15 is 0 Å². The Labute approximate surface area is 254 Å². The number of benzene rings is 2.